The first-order valence-corrected chi connectivity index (χ1v) is 12.8. The van der Waals surface area contributed by atoms with Crippen LogP contribution in [0.5, 0.6) is 0 Å². The van der Waals surface area contributed by atoms with Gasteiger partial charge in [0.15, 0.2) is 12.0 Å². The standard InChI is InChI=1S/C23H32N5O4PS/c1-23(2,3)10-11-28-22(30)18(20(29)19(27-28)17-7-6-12-34-17)21(24)26-15-9-8-14(25-4)13-16(15)33(31)32-5/h6-9,12-13,22,25,29-31H,10-11H2,1-5H3,(H2,24,26). The second-order valence-corrected chi connectivity index (χ2v) is 11.3. The Hall–Kier alpha value is -2.49. The summed E-state index contributed by atoms with van der Waals surface area (Å²) in [5, 5.41) is 33.6. The quantitative estimate of drug-likeness (QED) is 0.210. The maximum Gasteiger partial charge on any atom is 0.204 e. The molecule has 9 nitrogen and oxygen atoms in total. The van der Waals surface area contributed by atoms with Gasteiger partial charge < -0.3 is 30.7 Å². The van der Waals surface area contributed by atoms with Crippen molar-refractivity contribution in [3.8, 4) is 0 Å². The van der Waals surface area contributed by atoms with Gasteiger partial charge in [0, 0.05) is 26.4 Å². The first-order valence-electron chi connectivity index (χ1n) is 10.8. The molecule has 184 valence electrons. The van der Waals surface area contributed by atoms with Gasteiger partial charge in [-0.3, -0.25) is 5.01 Å². The van der Waals surface area contributed by atoms with Gasteiger partial charge in [0.05, 0.1) is 21.4 Å². The van der Waals surface area contributed by atoms with Gasteiger partial charge in [0.2, 0.25) is 8.38 Å². The fourth-order valence-corrected chi connectivity index (χ4v) is 4.78. The monoisotopic (exact) mass is 505 g/mol. The van der Waals surface area contributed by atoms with Crippen LogP contribution in [0.25, 0.3) is 0 Å². The van der Waals surface area contributed by atoms with E-state index in [-0.39, 0.29) is 22.6 Å². The fraction of sp³-hybridized carbons (Fsp3) is 0.391. The molecule has 2 unspecified atom stereocenters. The van der Waals surface area contributed by atoms with E-state index in [0.717, 1.165) is 17.0 Å². The Morgan fingerprint density at radius 1 is 1.35 bits per heavy atom. The van der Waals surface area contributed by atoms with Gasteiger partial charge in [-0.25, -0.2) is 4.99 Å². The highest BCUT2D eigenvalue weighted by atomic mass is 32.1. The third-order valence-corrected chi connectivity index (χ3v) is 7.25. The zero-order chi connectivity index (χ0) is 25.0. The Kier molecular flexibility index (Phi) is 8.33. The summed E-state index contributed by atoms with van der Waals surface area (Å²) < 4.78 is 5.14. The van der Waals surface area contributed by atoms with Crippen LogP contribution in [0.1, 0.15) is 32.1 Å². The smallest absolute Gasteiger partial charge is 0.204 e. The molecule has 1 aliphatic rings. The molecule has 0 aliphatic carbocycles. The van der Waals surface area contributed by atoms with E-state index in [2.05, 4.69) is 36.2 Å². The van der Waals surface area contributed by atoms with E-state index in [1.165, 1.54) is 23.5 Å². The van der Waals surface area contributed by atoms with Crippen LogP contribution in [0.3, 0.4) is 0 Å². The number of aliphatic hydroxyl groups is 2. The number of aliphatic imine (C=N–C) groups is 1. The first kappa shape index (κ1) is 26.1. The number of nitrogens with two attached hydrogens (primary N) is 1. The van der Waals surface area contributed by atoms with Crippen molar-refractivity contribution in [2.75, 3.05) is 26.0 Å². The average molecular weight is 506 g/mol. The van der Waals surface area contributed by atoms with Crippen LogP contribution in [0, 0.1) is 5.41 Å². The van der Waals surface area contributed by atoms with Gasteiger partial charge in [-0.2, -0.15) is 5.10 Å². The van der Waals surface area contributed by atoms with Crippen molar-refractivity contribution < 1.29 is 19.6 Å². The van der Waals surface area contributed by atoms with E-state index < -0.39 is 14.6 Å². The molecule has 0 saturated carbocycles. The number of hydrogen-bond acceptors (Lipinski definition) is 9. The summed E-state index contributed by atoms with van der Waals surface area (Å²) in [6, 6.07) is 8.91. The minimum absolute atomic E-state index is 0.0176. The van der Waals surface area contributed by atoms with Crippen molar-refractivity contribution in [2.45, 2.75) is 33.4 Å². The lowest BCUT2D eigenvalue weighted by Crippen LogP contribution is -2.43. The average Bonchev–Trinajstić information content (AvgIpc) is 3.32. The number of hydrazone groups is 1. The van der Waals surface area contributed by atoms with Crippen LogP contribution in [-0.4, -0.2) is 58.6 Å². The lowest BCUT2D eigenvalue weighted by atomic mass is 9.92. The van der Waals surface area contributed by atoms with Crippen molar-refractivity contribution in [3.05, 3.63) is 51.9 Å². The zero-order valence-corrected chi connectivity index (χ0v) is 21.7. The maximum atomic E-state index is 11.1. The molecule has 1 aromatic heterocycles. The fourth-order valence-electron chi connectivity index (χ4n) is 3.30. The molecule has 1 aliphatic heterocycles. The Labute approximate surface area is 205 Å². The highest BCUT2D eigenvalue weighted by Crippen LogP contribution is 2.35. The van der Waals surface area contributed by atoms with E-state index in [1.807, 2.05) is 17.5 Å². The van der Waals surface area contributed by atoms with Gasteiger partial charge in [-0.05, 0) is 41.5 Å². The first-order chi connectivity index (χ1) is 16.1. The molecule has 2 aromatic rings. The highest BCUT2D eigenvalue weighted by molar-refractivity contribution is 7.55. The highest BCUT2D eigenvalue weighted by Gasteiger charge is 2.34. The molecule has 0 fully saturated rings. The molecule has 11 heteroatoms. The number of aliphatic hydroxyl groups excluding tert-OH is 2. The number of allylic oxidation sites excluding steroid dienone is 1. The largest absolute Gasteiger partial charge is 0.505 e. The summed E-state index contributed by atoms with van der Waals surface area (Å²) in [7, 11) is 1.24. The van der Waals surface area contributed by atoms with E-state index in [1.54, 1.807) is 25.2 Å². The molecular formula is C23H32N5O4PS. The predicted octanol–water partition coefficient (Wildman–Crippen LogP) is 3.64. The molecule has 0 spiro atoms. The van der Waals surface area contributed by atoms with Gasteiger partial charge in [-0.1, -0.05) is 26.8 Å². The second-order valence-electron chi connectivity index (χ2n) is 8.94. The minimum Gasteiger partial charge on any atom is -0.505 e. The molecule has 0 bridgehead atoms. The molecule has 2 atom stereocenters. The summed E-state index contributed by atoms with van der Waals surface area (Å²) in [5.74, 6) is -0.303. The van der Waals surface area contributed by atoms with Gasteiger partial charge >= 0.3 is 0 Å². The molecule has 0 amide bonds. The van der Waals surface area contributed by atoms with Gasteiger partial charge in [0.25, 0.3) is 0 Å². The van der Waals surface area contributed by atoms with Crippen LogP contribution in [-0.2, 0) is 4.52 Å². The lowest BCUT2D eigenvalue weighted by molar-refractivity contribution is 0.0258. The number of hydrogen-bond donors (Lipinski definition) is 5. The molecule has 1 aromatic carbocycles. The summed E-state index contributed by atoms with van der Waals surface area (Å²) in [5.41, 5.74) is 7.92. The number of thiophene rings is 1. The summed E-state index contributed by atoms with van der Waals surface area (Å²) in [4.78, 5) is 15.6. The molecule has 34 heavy (non-hydrogen) atoms. The Bertz CT molecular complexity index is 1100. The van der Waals surface area contributed by atoms with E-state index in [9.17, 15) is 15.1 Å². The molecule has 2 heterocycles. The number of rotatable bonds is 8. The molecule has 0 radical (unpaired) electrons. The Morgan fingerprint density at radius 3 is 2.68 bits per heavy atom. The molecule has 3 rings (SSSR count). The van der Waals surface area contributed by atoms with Crippen molar-refractivity contribution >= 4 is 47.9 Å². The summed E-state index contributed by atoms with van der Waals surface area (Å²) >= 11 is 1.42. The molecule has 6 N–H and O–H groups in total. The van der Waals surface area contributed by atoms with Crippen molar-refractivity contribution in [2.24, 2.45) is 21.2 Å². The van der Waals surface area contributed by atoms with Crippen LogP contribution < -0.4 is 16.4 Å². The molecular weight excluding hydrogens is 473 g/mol. The van der Waals surface area contributed by atoms with E-state index >= 15 is 0 Å². The SMILES string of the molecule is CNc1ccc(N=C(N)C2=C(O)C(c3cccs3)=NN(CCC(C)(C)C)C2O)c(P(O)OC)c1. The van der Waals surface area contributed by atoms with Gasteiger partial charge in [0.1, 0.15) is 11.5 Å². The number of benzene rings is 1. The van der Waals surface area contributed by atoms with Crippen LogP contribution >= 0.6 is 19.7 Å². The summed E-state index contributed by atoms with van der Waals surface area (Å²) in [6.07, 6.45) is -0.526. The zero-order valence-electron chi connectivity index (χ0n) is 20.0. The Morgan fingerprint density at radius 2 is 2.09 bits per heavy atom. The van der Waals surface area contributed by atoms with E-state index in [4.69, 9.17) is 10.3 Å². The van der Waals surface area contributed by atoms with Crippen LogP contribution in [0.2, 0.25) is 0 Å². The van der Waals surface area contributed by atoms with Crippen LogP contribution in [0.4, 0.5) is 11.4 Å². The van der Waals surface area contributed by atoms with Crippen molar-refractivity contribution in [1.82, 2.24) is 5.01 Å². The Balaban J connectivity index is 2.08. The lowest BCUT2D eigenvalue weighted by Gasteiger charge is -2.33. The maximum absolute atomic E-state index is 11.1. The number of nitrogens with zero attached hydrogens (tertiary/aromatic N) is 3. The minimum atomic E-state index is -1.93. The van der Waals surface area contributed by atoms with Gasteiger partial charge in [-0.15, -0.1) is 11.3 Å². The van der Waals surface area contributed by atoms with E-state index in [0.29, 0.717) is 23.2 Å². The van der Waals surface area contributed by atoms with Crippen molar-refractivity contribution in [3.63, 3.8) is 0 Å². The predicted molar refractivity (Wildman–Crippen MR) is 140 cm³/mol. The normalized spacial score (nSPS) is 18.2. The number of amidine groups is 1. The third-order valence-electron chi connectivity index (χ3n) is 5.25. The van der Waals surface area contributed by atoms with Crippen LogP contribution in [0.15, 0.2) is 57.1 Å². The molecule has 0 saturated heterocycles. The third kappa shape index (κ3) is 5.95. The number of nitrogens with one attached hydrogen (secondary N) is 1. The van der Waals surface area contributed by atoms with Crippen molar-refractivity contribution in [1.29, 1.82) is 0 Å². The topological polar surface area (TPSA) is 136 Å². The summed E-state index contributed by atoms with van der Waals surface area (Å²) in [6.45, 7) is 6.78. The second kappa shape index (κ2) is 10.8. The number of anilines is 1.